The van der Waals surface area contributed by atoms with Crippen molar-refractivity contribution in [2.75, 3.05) is 44.4 Å². The van der Waals surface area contributed by atoms with E-state index >= 15 is 0 Å². The van der Waals surface area contributed by atoms with Crippen molar-refractivity contribution in [3.05, 3.63) is 5.82 Å². The molecule has 0 radical (unpaired) electrons. The molecule has 7 nitrogen and oxygen atoms in total. The zero-order valence-corrected chi connectivity index (χ0v) is 13.7. The molecule has 0 aromatic carbocycles. The third-order valence-corrected chi connectivity index (χ3v) is 3.99. The molecule has 1 aromatic heterocycles. The summed E-state index contributed by atoms with van der Waals surface area (Å²) in [4.78, 5) is 19.7. The van der Waals surface area contributed by atoms with Gasteiger partial charge in [-0.25, -0.2) is 0 Å². The van der Waals surface area contributed by atoms with Crippen LogP contribution in [0.4, 0.5) is 11.9 Å². The second kappa shape index (κ2) is 6.53. The number of aromatic nitrogens is 3. The SMILES string of the molecule is CCN1[C@H](C)CN(Cc2nc(N)nc(N(C)C)n2)C[C@@H]1C. The van der Waals surface area contributed by atoms with Crippen molar-refractivity contribution in [1.82, 2.24) is 24.8 Å². The maximum atomic E-state index is 5.78. The molecule has 1 saturated heterocycles. The molecule has 0 amide bonds. The van der Waals surface area contributed by atoms with Crippen LogP contribution in [-0.4, -0.2) is 70.6 Å². The average molecular weight is 293 g/mol. The number of hydrogen-bond acceptors (Lipinski definition) is 7. The van der Waals surface area contributed by atoms with Crippen molar-refractivity contribution in [2.24, 2.45) is 0 Å². The van der Waals surface area contributed by atoms with Crippen molar-refractivity contribution in [3.63, 3.8) is 0 Å². The first-order valence-electron chi connectivity index (χ1n) is 7.56. The highest BCUT2D eigenvalue weighted by Crippen LogP contribution is 2.17. The molecular weight excluding hydrogens is 266 g/mol. The van der Waals surface area contributed by atoms with Crippen LogP contribution in [0.25, 0.3) is 0 Å². The quantitative estimate of drug-likeness (QED) is 0.863. The fraction of sp³-hybridized carbons (Fsp3) is 0.786. The Kier molecular flexibility index (Phi) is 4.95. The molecule has 2 heterocycles. The van der Waals surface area contributed by atoms with Crippen molar-refractivity contribution in [2.45, 2.75) is 39.4 Å². The minimum Gasteiger partial charge on any atom is -0.368 e. The molecule has 2 atom stereocenters. The number of nitrogens with two attached hydrogens (primary N) is 1. The summed E-state index contributed by atoms with van der Waals surface area (Å²) in [6.45, 7) is 10.7. The largest absolute Gasteiger partial charge is 0.368 e. The van der Waals surface area contributed by atoms with Gasteiger partial charge in [-0.15, -0.1) is 0 Å². The summed E-state index contributed by atoms with van der Waals surface area (Å²) in [5.74, 6) is 1.65. The van der Waals surface area contributed by atoms with E-state index in [4.69, 9.17) is 5.73 Å². The second-order valence-electron chi connectivity index (χ2n) is 6.03. The molecular formula is C14H27N7. The van der Waals surface area contributed by atoms with Crippen molar-refractivity contribution < 1.29 is 0 Å². The summed E-state index contributed by atoms with van der Waals surface area (Å²) < 4.78 is 0. The molecule has 7 heteroatoms. The highest BCUT2D eigenvalue weighted by molar-refractivity contribution is 5.32. The highest BCUT2D eigenvalue weighted by atomic mass is 15.3. The van der Waals surface area contributed by atoms with Crippen molar-refractivity contribution in [3.8, 4) is 0 Å². The molecule has 2 N–H and O–H groups in total. The first-order valence-corrected chi connectivity index (χ1v) is 7.56. The van der Waals surface area contributed by atoms with Crippen LogP contribution < -0.4 is 10.6 Å². The molecule has 2 rings (SSSR count). The van der Waals surface area contributed by atoms with Gasteiger partial charge < -0.3 is 10.6 Å². The number of anilines is 2. The summed E-state index contributed by atoms with van der Waals surface area (Å²) >= 11 is 0. The topological polar surface area (TPSA) is 74.4 Å². The fourth-order valence-corrected chi connectivity index (χ4v) is 3.11. The van der Waals surface area contributed by atoms with Gasteiger partial charge in [0.05, 0.1) is 6.54 Å². The number of nitrogens with zero attached hydrogens (tertiary/aromatic N) is 6. The number of nitrogen functional groups attached to an aromatic ring is 1. The second-order valence-corrected chi connectivity index (χ2v) is 6.03. The number of hydrogen-bond donors (Lipinski definition) is 1. The molecule has 0 bridgehead atoms. The molecule has 0 aliphatic carbocycles. The van der Waals surface area contributed by atoms with Crippen LogP contribution in [0, 0.1) is 0 Å². The summed E-state index contributed by atoms with van der Waals surface area (Å²) in [5.41, 5.74) is 5.78. The lowest BCUT2D eigenvalue weighted by molar-refractivity contribution is 0.0379. The van der Waals surface area contributed by atoms with E-state index < -0.39 is 0 Å². The Morgan fingerprint density at radius 2 is 1.76 bits per heavy atom. The Morgan fingerprint density at radius 3 is 2.29 bits per heavy atom. The van der Waals surface area contributed by atoms with E-state index in [0.717, 1.165) is 32.0 Å². The van der Waals surface area contributed by atoms with Gasteiger partial charge in [0.2, 0.25) is 11.9 Å². The van der Waals surface area contributed by atoms with Gasteiger partial charge in [0.15, 0.2) is 0 Å². The van der Waals surface area contributed by atoms with Gasteiger partial charge in [-0.05, 0) is 20.4 Å². The number of piperazine rings is 1. The van der Waals surface area contributed by atoms with E-state index in [2.05, 4.69) is 45.5 Å². The van der Waals surface area contributed by atoms with Gasteiger partial charge in [-0.1, -0.05) is 6.92 Å². The highest BCUT2D eigenvalue weighted by Gasteiger charge is 2.28. The third-order valence-electron chi connectivity index (χ3n) is 3.99. The zero-order chi connectivity index (χ0) is 15.6. The van der Waals surface area contributed by atoms with Gasteiger partial charge >= 0.3 is 0 Å². The molecule has 1 fully saturated rings. The van der Waals surface area contributed by atoms with Crippen LogP contribution in [-0.2, 0) is 6.54 Å². The predicted molar refractivity (Wildman–Crippen MR) is 85.1 cm³/mol. The smallest absolute Gasteiger partial charge is 0.229 e. The van der Waals surface area contributed by atoms with Crippen LogP contribution in [0.5, 0.6) is 0 Å². The van der Waals surface area contributed by atoms with Crippen molar-refractivity contribution >= 4 is 11.9 Å². The molecule has 0 saturated carbocycles. The molecule has 1 aliphatic rings. The monoisotopic (exact) mass is 293 g/mol. The summed E-state index contributed by atoms with van der Waals surface area (Å²) in [6, 6.07) is 1.09. The first kappa shape index (κ1) is 15.9. The van der Waals surface area contributed by atoms with Crippen LogP contribution >= 0.6 is 0 Å². The van der Waals surface area contributed by atoms with Crippen LogP contribution in [0.3, 0.4) is 0 Å². The Hall–Kier alpha value is -1.47. The normalized spacial score (nSPS) is 24.2. The van der Waals surface area contributed by atoms with Gasteiger partial charge in [0.1, 0.15) is 5.82 Å². The lowest BCUT2D eigenvalue weighted by Crippen LogP contribution is -2.56. The van der Waals surface area contributed by atoms with Gasteiger partial charge in [0, 0.05) is 39.3 Å². The van der Waals surface area contributed by atoms with E-state index in [0.29, 0.717) is 18.0 Å². The summed E-state index contributed by atoms with van der Waals surface area (Å²) in [5, 5.41) is 0. The average Bonchev–Trinajstić information content (AvgIpc) is 2.37. The Morgan fingerprint density at radius 1 is 1.14 bits per heavy atom. The van der Waals surface area contributed by atoms with Gasteiger partial charge in [-0.3, -0.25) is 9.80 Å². The molecule has 1 aliphatic heterocycles. The minimum absolute atomic E-state index is 0.289. The molecule has 0 spiro atoms. The zero-order valence-electron chi connectivity index (χ0n) is 13.7. The lowest BCUT2D eigenvalue weighted by Gasteiger charge is -2.43. The van der Waals surface area contributed by atoms with Gasteiger partial charge in [0.25, 0.3) is 0 Å². The maximum Gasteiger partial charge on any atom is 0.229 e. The predicted octanol–water partition coefficient (Wildman–Crippen LogP) is 0.434. The molecule has 118 valence electrons. The number of rotatable bonds is 4. The molecule has 0 unspecified atom stereocenters. The Balaban J connectivity index is 2.08. The van der Waals surface area contributed by atoms with E-state index in [1.807, 2.05) is 19.0 Å². The van der Waals surface area contributed by atoms with Gasteiger partial charge in [-0.2, -0.15) is 15.0 Å². The Labute approximate surface area is 127 Å². The van der Waals surface area contributed by atoms with Crippen molar-refractivity contribution in [1.29, 1.82) is 0 Å². The van der Waals surface area contributed by atoms with E-state index in [1.54, 1.807) is 0 Å². The van der Waals surface area contributed by atoms with E-state index in [1.165, 1.54) is 0 Å². The Bertz CT molecular complexity index is 464. The molecule has 21 heavy (non-hydrogen) atoms. The standard InChI is InChI=1S/C14H27N7/c1-6-21-10(2)7-20(8-11(21)3)9-12-16-13(15)18-14(17-12)19(4)5/h10-11H,6-9H2,1-5H3,(H2,15,16,17,18)/t10-,11+. The lowest BCUT2D eigenvalue weighted by atomic mass is 10.1. The molecule has 1 aromatic rings. The minimum atomic E-state index is 0.289. The van der Waals surface area contributed by atoms with E-state index in [-0.39, 0.29) is 5.95 Å². The number of likely N-dealkylation sites (N-methyl/N-ethyl adjacent to an activating group) is 1. The van der Waals surface area contributed by atoms with Crippen LogP contribution in [0.2, 0.25) is 0 Å². The summed E-state index contributed by atoms with van der Waals surface area (Å²) in [7, 11) is 3.81. The fourth-order valence-electron chi connectivity index (χ4n) is 3.11. The third kappa shape index (κ3) is 3.79. The van der Waals surface area contributed by atoms with Crippen LogP contribution in [0.1, 0.15) is 26.6 Å². The maximum absolute atomic E-state index is 5.78. The van der Waals surface area contributed by atoms with Crippen LogP contribution in [0.15, 0.2) is 0 Å². The summed E-state index contributed by atoms with van der Waals surface area (Å²) in [6.07, 6.45) is 0. The van der Waals surface area contributed by atoms with E-state index in [9.17, 15) is 0 Å². The first-order chi connectivity index (χ1) is 9.90.